The van der Waals surface area contributed by atoms with E-state index in [4.69, 9.17) is 21.4 Å². The average molecular weight is 464 g/mol. The van der Waals surface area contributed by atoms with Crippen LogP contribution >= 0.6 is 0 Å². The van der Waals surface area contributed by atoms with E-state index in [1.54, 1.807) is 24.3 Å². The van der Waals surface area contributed by atoms with Crippen molar-refractivity contribution in [2.75, 3.05) is 0 Å². The summed E-state index contributed by atoms with van der Waals surface area (Å²) in [7, 11) is 0. The molecule has 0 aliphatic carbocycles. The van der Waals surface area contributed by atoms with Crippen molar-refractivity contribution in [1.82, 2.24) is 9.97 Å². The van der Waals surface area contributed by atoms with Crippen LogP contribution in [0.5, 0.6) is 0 Å². The van der Waals surface area contributed by atoms with Crippen LogP contribution in [0.2, 0.25) is 0 Å². The fourth-order valence-corrected chi connectivity index (χ4v) is 3.34. The van der Waals surface area contributed by atoms with Crippen LogP contribution in [0.3, 0.4) is 0 Å². The average Bonchev–Trinajstić information content (AvgIpc) is 2.98. The molecule has 0 saturated heterocycles. The number of nitriles is 4. The van der Waals surface area contributed by atoms with Crippen LogP contribution in [0, 0.1) is 58.5 Å². The summed E-state index contributed by atoms with van der Waals surface area (Å²) in [6.45, 7) is 15.7. The highest BCUT2D eigenvalue weighted by molar-refractivity contribution is 5.87. The lowest BCUT2D eigenvalue weighted by Crippen LogP contribution is -2.18. The molecule has 0 aliphatic heterocycles. The van der Waals surface area contributed by atoms with Gasteiger partial charge in [0, 0.05) is 22.8 Å². The largest absolute Gasteiger partial charge is 0.254 e. The normalized spacial score (nSPS) is 13.8. The number of aromatic nitrogens is 2. The van der Waals surface area contributed by atoms with Gasteiger partial charge in [-0.3, -0.25) is 9.97 Å². The molecule has 0 unspecified atom stereocenters. The van der Waals surface area contributed by atoms with Crippen molar-refractivity contribution in [2.45, 2.75) is 0 Å². The second kappa shape index (κ2) is 9.67. The molecule has 1 heterocycles. The minimum absolute atomic E-state index is 0.0101. The van der Waals surface area contributed by atoms with Crippen molar-refractivity contribution in [2.24, 2.45) is 0 Å². The minimum Gasteiger partial charge on any atom is -0.254 e. The number of benzene rings is 3. The van der Waals surface area contributed by atoms with Crippen LogP contribution in [0.15, 0.2) is 60.8 Å². The molecular formula is C28H10N8. The van der Waals surface area contributed by atoms with E-state index in [0.717, 1.165) is 0 Å². The number of fused-ring (bicyclic) bond motifs is 1. The topological polar surface area (TPSA) is 130 Å². The molecule has 0 fully saturated rings. The Morgan fingerprint density at radius 3 is 1.25 bits per heavy atom. The lowest BCUT2D eigenvalue weighted by Gasteiger charge is -2.06. The SMILES string of the molecule is [2H]c1c(C#N)c([2H])c(/C([N+]#[C-])=c2\cc/c(=C(/[N+]#[C-])c3c([2H])c(C#N)c([2H])c(C#N)c3[2H])c3nccnc23)c([2H])c1C#N. The third-order valence-electron chi connectivity index (χ3n) is 4.78. The van der Waals surface area contributed by atoms with Gasteiger partial charge in [0.1, 0.15) is 0 Å². The maximum absolute atomic E-state index is 9.52. The van der Waals surface area contributed by atoms with Crippen molar-refractivity contribution < 1.29 is 8.22 Å². The van der Waals surface area contributed by atoms with Crippen LogP contribution in [0.1, 0.15) is 41.6 Å². The third-order valence-corrected chi connectivity index (χ3v) is 4.78. The van der Waals surface area contributed by atoms with Crippen molar-refractivity contribution in [3.8, 4) is 24.3 Å². The highest BCUT2D eigenvalue weighted by Crippen LogP contribution is 2.20. The first-order valence-corrected chi connectivity index (χ1v) is 9.75. The van der Waals surface area contributed by atoms with E-state index in [1.807, 2.05) is 0 Å². The number of nitrogens with zero attached hydrogens (tertiary/aromatic N) is 8. The predicted octanol–water partition coefficient (Wildman–Crippen LogP) is 3.27. The zero-order chi connectivity index (χ0) is 30.9. The van der Waals surface area contributed by atoms with E-state index in [-0.39, 0.29) is 44.0 Å². The summed E-state index contributed by atoms with van der Waals surface area (Å²) >= 11 is 0. The Kier molecular flexibility index (Phi) is 4.38. The molecule has 0 atom stereocenters. The minimum atomic E-state index is -0.607. The molecule has 0 radical (unpaired) electrons. The lowest BCUT2D eigenvalue weighted by molar-refractivity contribution is 1.27. The van der Waals surface area contributed by atoms with Crippen molar-refractivity contribution in [1.29, 1.82) is 21.0 Å². The van der Waals surface area contributed by atoms with E-state index in [0.29, 0.717) is 0 Å². The standard InChI is InChI=1S/C28H10N8/c1-33-25(21-9-17(13-29)7-18(10-21)14-30)23-3-4-24(28-27(23)35-5-6-36-28)26(34-2)22-11-19(15-31)8-20(12-22)16-32/h3-12H/b25-23-,26-24-/i7D,8D,9D,10D,11D,12D. The molecule has 4 aromatic rings. The lowest BCUT2D eigenvalue weighted by atomic mass is 10.0. The fraction of sp³-hybridized carbons (Fsp3) is 0. The van der Waals surface area contributed by atoms with Gasteiger partial charge in [0.25, 0.3) is 0 Å². The summed E-state index contributed by atoms with van der Waals surface area (Å²) in [4.78, 5) is 15.5. The molecule has 3 aromatic carbocycles. The molecule has 4 rings (SSSR count). The van der Waals surface area contributed by atoms with Gasteiger partial charge in [0.2, 0.25) is 11.4 Å². The highest BCUT2D eigenvalue weighted by Gasteiger charge is 2.13. The Bertz CT molecular complexity index is 2040. The van der Waals surface area contributed by atoms with Crippen LogP contribution in [0.4, 0.5) is 0 Å². The van der Waals surface area contributed by atoms with Gasteiger partial charge < -0.3 is 0 Å². The number of rotatable bonds is 2. The number of hydrogen-bond acceptors (Lipinski definition) is 6. The Hall–Kier alpha value is -6.32. The van der Waals surface area contributed by atoms with Crippen molar-refractivity contribution in [3.05, 3.63) is 127 Å². The Balaban J connectivity index is 2.30. The van der Waals surface area contributed by atoms with Gasteiger partial charge in [0.05, 0.1) is 78.9 Å². The molecule has 0 amide bonds. The van der Waals surface area contributed by atoms with E-state index in [9.17, 15) is 21.0 Å². The maximum atomic E-state index is 9.52. The summed E-state index contributed by atoms with van der Waals surface area (Å²) < 4.78 is 49.9. The quantitative estimate of drug-likeness (QED) is 0.419. The van der Waals surface area contributed by atoms with Gasteiger partial charge in [-0.05, 0) is 47.4 Å². The molecular weight excluding hydrogens is 448 g/mol. The van der Waals surface area contributed by atoms with Crippen LogP contribution in [0.25, 0.3) is 32.1 Å². The van der Waals surface area contributed by atoms with Crippen LogP contribution < -0.4 is 10.4 Å². The first-order chi connectivity index (χ1) is 20.1. The smallest absolute Gasteiger partial charge is 0.203 e. The fourth-order valence-electron chi connectivity index (χ4n) is 3.34. The Labute approximate surface area is 213 Å². The first-order valence-electron chi connectivity index (χ1n) is 12.7. The summed E-state index contributed by atoms with van der Waals surface area (Å²) in [6, 6.07) is 5.69. The molecule has 8 heteroatoms. The van der Waals surface area contributed by atoms with Gasteiger partial charge in [-0.1, -0.05) is 12.1 Å². The summed E-state index contributed by atoms with van der Waals surface area (Å²) in [5.74, 6) is 0. The molecule has 0 N–H and O–H groups in total. The van der Waals surface area contributed by atoms with E-state index >= 15 is 0 Å². The third kappa shape index (κ3) is 4.06. The molecule has 0 bridgehead atoms. The molecule has 0 aliphatic rings. The number of hydrogen-bond donors (Lipinski definition) is 0. The van der Waals surface area contributed by atoms with Gasteiger partial charge in [-0.15, -0.1) is 0 Å². The van der Waals surface area contributed by atoms with Crippen molar-refractivity contribution in [3.63, 3.8) is 0 Å². The van der Waals surface area contributed by atoms with E-state index in [2.05, 4.69) is 19.7 Å². The Morgan fingerprint density at radius 2 is 0.972 bits per heavy atom. The first kappa shape index (κ1) is 16.3. The van der Waals surface area contributed by atoms with Gasteiger partial charge in [-0.2, -0.15) is 21.0 Å². The van der Waals surface area contributed by atoms with Gasteiger partial charge in [-0.25, -0.2) is 9.69 Å². The van der Waals surface area contributed by atoms with E-state index in [1.165, 1.54) is 24.5 Å². The summed E-state index contributed by atoms with van der Waals surface area (Å²) in [6.07, 6.45) is 2.54. The molecule has 162 valence electrons. The summed E-state index contributed by atoms with van der Waals surface area (Å²) in [5, 5.41) is 38.1. The van der Waals surface area contributed by atoms with E-state index < -0.39 is 58.5 Å². The molecule has 1 aromatic heterocycles. The van der Waals surface area contributed by atoms with Crippen LogP contribution in [-0.2, 0) is 0 Å². The zero-order valence-electron chi connectivity index (χ0n) is 23.9. The highest BCUT2D eigenvalue weighted by atomic mass is 14.8. The molecule has 0 spiro atoms. The van der Waals surface area contributed by atoms with Gasteiger partial charge in [0.15, 0.2) is 0 Å². The van der Waals surface area contributed by atoms with Crippen LogP contribution in [-0.4, -0.2) is 9.97 Å². The monoisotopic (exact) mass is 464 g/mol. The second-order valence-electron chi connectivity index (χ2n) is 6.78. The zero-order valence-corrected chi connectivity index (χ0v) is 17.9. The Morgan fingerprint density at radius 1 is 0.639 bits per heavy atom. The second-order valence-corrected chi connectivity index (χ2v) is 6.78. The van der Waals surface area contributed by atoms with Gasteiger partial charge >= 0.3 is 0 Å². The molecule has 36 heavy (non-hydrogen) atoms. The summed E-state index contributed by atoms with van der Waals surface area (Å²) in [5.41, 5.74) is -3.48. The van der Waals surface area contributed by atoms with Crippen molar-refractivity contribution >= 4 is 22.4 Å². The maximum Gasteiger partial charge on any atom is 0.203 e. The molecule has 8 nitrogen and oxygen atoms in total. The predicted molar refractivity (Wildman–Crippen MR) is 129 cm³/mol. The molecule has 0 saturated carbocycles.